The van der Waals surface area contributed by atoms with Crippen LogP contribution < -0.4 is 0 Å². The maximum atomic E-state index is 4.23. The summed E-state index contributed by atoms with van der Waals surface area (Å²) in [5, 5.41) is 8.35. The highest BCUT2D eigenvalue weighted by molar-refractivity contribution is 9.10. The van der Waals surface area contributed by atoms with Crippen LogP contribution in [0.15, 0.2) is 10.2 Å². The Morgan fingerprint density at radius 2 is 2.25 bits per heavy atom. The van der Waals surface area contributed by atoms with Crippen molar-refractivity contribution in [3.63, 3.8) is 0 Å². The summed E-state index contributed by atoms with van der Waals surface area (Å²) in [6, 6.07) is 0. The largest absolute Gasteiger partial charge is 0.192 e. The Morgan fingerprint density at radius 3 is 2.75 bits per heavy atom. The molecular formula is C9H15BrN2. The van der Waals surface area contributed by atoms with Gasteiger partial charge in [0.25, 0.3) is 0 Å². The van der Waals surface area contributed by atoms with Gasteiger partial charge in [0.2, 0.25) is 0 Å². The number of alkyl halides is 1. The zero-order valence-electron chi connectivity index (χ0n) is 7.52. The second kappa shape index (κ2) is 2.79. The van der Waals surface area contributed by atoms with Gasteiger partial charge in [-0.15, -0.1) is 0 Å². The van der Waals surface area contributed by atoms with Gasteiger partial charge in [-0.25, -0.2) is 0 Å². The minimum absolute atomic E-state index is 0.0771. The van der Waals surface area contributed by atoms with E-state index in [0.29, 0.717) is 5.41 Å². The van der Waals surface area contributed by atoms with E-state index >= 15 is 0 Å². The molecule has 2 rings (SSSR count). The molecule has 2 atom stereocenters. The zero-order valence-corrected chi connectivity index (χ0v) is 9.10. The van der Waals surface area contributed by atoms with E-state index in [1.807, 2.05) is 0 Å². The maximum absolute atomic E-state index is 4.23. The molecule has 12 heavy (non-hydrogen) atoms. The van der Waals surface area contributed by atoms with Crippen LogP contribution in [0.4, 0.5) is 0 Å². The van der Waals surface area contributed by atoms with E-state index in [-0.39, 0.29) is 4.45 Å². The summed E-state index contributed by atoms with van der Waals surface area (Å²) in [7, 11) is 0. The SMILES string of the molecule is CCCCCC12CN=NC1(Br)C2. The Morgan fingerprint density at radius 1 is 1.42 bits per heavy atom. The summed E-state index contributed by atoms with van der Waals surface area (Å²) >= 11 is 3.67. The molecule has 0 amide bonds. The van der Waals surface area contributed by atoms with Crippen molar-refractivity contribution >= 4 is 15.9 Å². The Labute approximate surface area is 82.0 Å². The highest BCUT2D eigenvalue weighted by Crippen LogP contribution is 2.68. The van der Waals surface area contributed by atoms with Gasteiger partial charge in [0, 0.05) is 5.41 Å². The molecular weight excluding hydrogens is 216 g/mol. The molecule has 2 unspecified atom stereocenters. The van der Waals surface area contributed by atoms with E-state index in [1.165, 1.54) is 32.1 Å². The van der Waals surface area contributed by atoms with E-state index in [9.17, 15) is 0 Å². The van der Waals surface area contributed by atoms with Crippen molar-refractivity contribution in [2.24, 2.45) is 15.6 Å². The van der Waals surface area contributed by atoms with Crippen molar-refractivity contribution in [3.05, 3.63) is 0 Å². The minimum atomic E-state index is 0.0771. The van der Waals surface area contributed by atoms with Crippen LogP contribution in [-0.4, -0.2) is 11.0 Å². The summed E-state index contributed by atoms with van der Waals surface area (Å²) in [5.74, 6) is 0. The lowest BCUT2D eigenvalue weighted by Gasteiger charge is -2.09. The summed E-state index contributed by atoms with van der Waals surface area (Å²) < 4.78 is 0.0771. The van der Waals surface area contributed by atoms with Crippen molar-refractivity contribution in [1.82, 2.24) is 0 Å². The number of hydrogen-bond donors (Lipinski definition) is 0. The fourth-order valence-electron chi connectivity index (χ4n) is 2.08. The third-order valence-electron chi connectivity index (χ3n) is 3.12. The molecule has 0 spiro atoms. The van der Waals surface area contributed by atoms with Crippen molar-refractivity contribution < 1.29 is 0 Å². The molecule has 1 saturated carbocycles. The van der Waals surface area contributed by atoms with E-state index in [0.717, 1.165) is 6.54 Å². The van der Waals surface area contributed by atoms with Crippen LogP contribution in [0.25, 0.3) is 0 Å². The molecule has 1 aliphatic heterocycles. The van der Waals surface area contributed by atoms with Gasteiger partial charge in [0.05, 0.1) is 6.54 Å². The highest BCUT2D eigenvalue weighted by atomic mass is 79.9. The smallest absolute Gasteiger partial charge is 0.144 e. The maximum Gasteiger partial charge on any atom is 0.144 e. The summed E-state index contributed by atoms with van der Waals surface area (Å²) in [4.78, 5) is 0. The first-order chi connectivity index (χ1) is 5.72. The molecule has 0 aromatic rings. The Hall–Kier alpha value is 0.0800. The monoisotopic (exact) mass is 230 g/mol. The van der Waals surface area contributed by atoms with Crippen molar-refractivity contribution in [3.8, 4) is 0 Å². The summed E-state index contributed by atoms with van der Waals surface area (Å²) in [6.45, 7) is 3.21. The quantitative estimate of drug-likeness (QED) is 0.402. The van der Waals surface area contributed by atoms with Gasteiger partial charge >= 0.3 is 0 Å². The average Bonchev–Trinajstić information content (AvgIpc) is 2.46. The molecule has 1 fully saturated rings. The summed E-state index contributed by atoms with van der Waals surface area (Å²) in [6.07, 6.45) is 6.52. The Bertz CT molecular complexity index is 217. The predicted molar refractivity (Wildman–Crippen MR) is 52.6 cm³/mol. The Balaban J connectivity index is 1.83. The van der Waals surface area contributed by atoms with Crippen LogP contribution in [0.2, 0.25) is 0 Å². The van der Waals surface area contributed by atoms with Gasteiger partial charge < -0.3 is 0 Å². The van der Waals surface area contributed by atoms with Crippen molar-refractivity contribution in [2.45, 2.75) is 43.5 Å². The lowest BCUT2D eigenvalue weighted by molar-refractivity contribution is 0.454. The first kappa shape index (κ1) is 8.67. The van der Waals surface area contributed by atoms with Crippen molar-refractivity contribution in [2.75, 3.05) is 6.54 Å². The van der Waals surface area contributed by atoms with Gasteiger partial charge in [-0.3, -0.25) is 0 Å². The second-order valence-electron chi connectivity index (χ2n) is 4.07. The third kappa shape index (κ3) is 1.13. The molecule has 0 saturated heterocycles. The van der Waals surface area contributed by atoms with Crippen LogP contribution in [0.1, 0.15) is 39.0 Å². The van der Waals surface area contributed by atoms with Gasteiger partial charge in [-0.2, -0.15) is 10.2 Å². The van der Waals surface area contributed by atoms with Crippen LogP contribution >= 0.6 is 15.9 Å². The first-order valence-corrected chi connectivity index (χ1v) is 5.59. The molecule has 0 bridgehead atoms. The van der Waals surface area contributed by atoms with E-state index < -0.39 is 0 Å². The molecule has 0 radical (unpaired) electrons. The topological polar surface area (TPSA) is 24.7 Å². The minimum Gasteiger partial charge on any atom is -0.192 e. The lowest BCUT2D eigenvalue weighted by Crippen LogP contribution is -2.10. The van der Waals surface area contributed by atoms with Gasteiger partial charge in [0.15, 0.2) is 0 Å². The van der Waals surface area contributed by atoms with Crippen LogP contribution in [0, 0.1) is 5.41 Å². The van der Waals surface area contributed by atoms with E-state index in [2.05, 4.69) is 33.1 Å². The summed E-state index contributed by atoms with van der Waals surface area (Å²) in [5.41, 5.74) is 0.433. The van der Waals surface area contributed by atoms with Crippen LogP contribution in [0.3, 0.4) is 0 Å². The Kier molecular flexibility index (Phi) is 2.02. The number of rotatable bonds is 4. The predicted octanol–water partition coefficient (Wildman–Crippen LogP) is 3.51. The number of fused-ring (bicyclic) bond motifs is 1. The van der Waals surface area contributed by atoms with Gasteiger partial charge in [-0.1, -0.05) is 42.1 Å². The zero-order chi connectivity index (χ0) is 8.66. The number of unbranched alkanes of at least 4 members (excludes halogenated alkanes) is 2. The fourth-order valence-corrected chi connectivity index (χ4v) is 3.05. The van der Waals surface area contributed by atoms with Crippen molar-refractivity contribution in [1.29, 1.82) is 0 Å². The average molecular weight is 231 g/mol. The fraction of sp³-hybridized carbons (Fsp3) is 1.00. The number of halogens is 1. The van der Waals surface area contributed by atoms with Gasteiger partial charge in [0.1, 0.15) is 4.45 Å². The third-order valence-corrected chi connectivity index (χ3v) is 4.40. The molecule has 0 N–H and O–H groups in total. The van der Waals surface area contributed by atoms with E-state index in [4.69, 9.17) is 0 Å². The molecule has 68 valence electrons. The molecule has 1 heterocycles. The number of hydrogen-bond acceptors (Lipinski definition) is 2. The molecule has 1 aliphatic carbocycles. The molecule has 2 nitrogen and oxygen atoms in total. The molecule has 3 heteroatoms. The highest BCUT2D eigenvalue weighted by Gasteiger charge is 2.69. The molecule has 0 aromatic heterocycles. The number of azo groups is 1. The normalized spacial score (nSPS) is 43.2. The standard InChI is InChI=1S/C9H15BrN2/c1-2-3-4-5-8-6-9(8,10)12-11-7-8/h2-7H2,1H3. The van der Waals surface area contributed by atoms with Crippen LogP contribution in [0.5, 0.6) is 0 Å². The van der Waals surface area contributed by atoms with Crippen LogP contribution in [-0.2, 0) is 0 Å². The number of nitrogens with zero attached hydrogens (tertiary/aromatic N) is 2. The van der Waals surface area contributed by atoms with E-state index in [1.54, 1.807) is 0 Å². The molecule has 2 aliphatic rings. The first-order valence-electron chi connectivity index (χ1n) is 4.80. The molecule has 0 aromatic carbocycles. The second-order valence-corrected chi connectivity index (χ2v) is 5.38. The lowest BCUT2D eigenvalue weighted by atomic mass is 9.98. The van der Waals surface area contributed by atoms with Gasteiger partial charge in [-0.05, 0) is 12.8 Å².